The van der Waals surface area contributed by atoms with Crippen molar-refractivity contribution >= 4 is 22.0 Å². The van der Waals surface area contributed by atoms with Gasteiger partial charge in [0.2, 0.25) is 0 Å². The van der Waals surface area contributed by atoms with E-state index >= 15 is 0 Å². The first-order valence-electron chi connectivity index (χ1n) is 5.58. The smallest absolute Gasteiger partial charge is 0.341 e. The summed E-state index contributed by atoms with van der Waals surface area (Å²) >= 11 is 0. The van der Waals surface area contributed by atoms with Crippen molar-refractivity contribution in [3.05, 3.63) is 29.6 Å². The number of ether oxygens (including phenoxy) is 1. The summed E-state index contributed by atoms with van der Waals surface area (Å²) in [6, 6.07) is 2.86. The number of sulfonamides is 1. The molecule has 2 aromatic rings. The van der Waals surface area contributed by atoms with Crippen LogP contribution in [0.4, 0.5) is 6.01 Å². The molecule has 0 bridgehead atoms. The molecule has 0 aliphatic rings. The molecular weight excluding hydrogens is 302 g/mol. The van der Waals surface area contributed by atoms with Gasteiger partial charge in [0.25, 0.3) is 10.0 Å². The third-order valence-corrected chi connectivity index (χ3v) is 3.75. The highest BCUT2D eigenvalue weighted by Crippen LogP contribution is 2.23. The van der Waals surface area contributed by atoms with Gasteiger partial charge in [0.15, 0.2) is 5.82 Å². The summed E-state index contributed by atoms with van der Waals surface area (Å²) in [5.74, 6) is -0.999. The van der Waals surface area contributed by atoms with E-state index < -0.39 is 21.7 Å². The third-order valence-electron chi connectivity index (χ3n) is 2.43. The maximum Gasteiger partial charge on any atom is 0.341 e. The number of nitrogens with one attached hydrogen (secondary N) is 1. The Morgan fingerprint density at radius 2 is 2.14 bits per heavy atom. The van der Waals surface area contributed by atoms with Gasteiger partial charge in [0.1, 0.15) is 11.3 Å². The van der Waals surface area contributed by atoms with Crippen molar-refractivity contribution in [2.24, 2.45) is 0 Å². The lowest BCUT2D eigenvalue weighted by molar-refractivity contribution is 0.0597. The van der Waals surface area contributed by atoms with E-state index in [9.17, 15) is 18.3 Å². The Hall–Kier alpha value is -2.62. The Morgan fingerprint density at radius 1 is 1.43 bits per heavy atom. The fourth-order valence-electron chi connectivity index (χ4n) is 1.47. The van der Waals surface area contributed by atoms with Gasteiger partial charge in [0, 0.05) is 0 Å². The highest BCUT2D eigenvalue weighted by Gasteiger charge is 2.21. The summed E-state index contributed by atoms with van der Waals surface area (Å²) < 4.78 is 35.4. The fraction of sp³-hybridized carbons (Fsp3) is 0.182. The van der Waals surface area contributed by atoms with Gasteiger partial charge < -0.3 is 14.4 Å². The molecule has 0 amide bonds. The number of aromatic nitrogens is 2. The van der Waals surface area contributed by atoms with E-state index in [4.69, 9.17) is 0 Å². The number of hydrogen-bond acceptors (Lipinski definition) is 8. The molecule has 10 heteroatoms. The van der Waals surface area contributed by atoms with E-state index in [2.05, 4.69) is 24.1 Å². The molecule has 0 saturated heterocycles. The number of methoxy groups -OCH3 is 1. The molecular formula is C11H11N3O6S. The van der Waals surface area contributed by atoms with Crippen molar-refractivity contribution < 1.29 is 27.6 Å². The van der Waals surface area contributed by atoms with Crippen LogP contribution < -0.4 is 4.72 Å². The van der Waals surface area contributed by atoms with Crippen molar-refractivity contribution in [2.75, 3.05) is 11.8 Å². The summed E-state index contributed by atoms with van der Waals surface area (Å²) in [5.41, 5.74) is -0.276. The summed E-state index contributed by atoms with van der Waals surface area (Å²) in [4.78, 5) is 14.9. The number of rotatable bonds is 4. The molecule has 2 N–H and O–H groups in total. The molecule has 1 heterocycles. The summed E-state index contributed by atoms with van der Waals surface area (Å²) in [6.07, 6.45) is 0. The molecule has 1 aromatic carbocycles. The quantitative estimate of drug-likeness (QED) is 0.787. The van der Waals surface area contributed by atoms with Crippen molar-refractivity contribution in [2.45, 2.75) is 11.8 Å². The normalized spacial score (nSPS) is 11.1. The fourth-order valence-corrected chi connectivity index (χ4v) is 2.42. The monoisotopic (exact) mass is 313 g/mol. The Morgan fingerprint density at radius 3 is 2.71 bits per heavy atom. The zero-order valence-electron chi connectivity index (χ0n) is 11.0. The van der Waals surface area contributed by atoms with Crippen LogP contribution in [-0.2, 0) is 14.8 Å². The predicted octanol–water partition coefficient (Wildman–Crippen LogP) is 0.671. The summed E-state index contributed by atoms with van der Waals surface area (Å²) in [6.45, 7) is 1.53. The molecule has 0 fully saturated rings. The van der Waals surface area contributed by atoms with Crippen LogP contribution in [0.1, 0.15) is 16.2 Å². The van der Waals surface area contributed by atoms with Crippen molar-refractivity contribution in [1.29, 1.82) is 0 Å². The average molecular weight is 313 g/mol. The molecule has 0 atom stereocenters. The van der Waals surface area contributed by atoms with E-state index in [1.54, 1.807) is 0 Å². The molecule has 0 aliphatic heterocycles. The number of anilines is 1. The van der Waals surface area contributed by atoms with Crippen LogP contribution in [0.25, 0.3) is 0 Å². The topological polar surface area (TPSA) is 132 Å². The molecule has 9 nitrogen and oxygen atoms in total. The second-order valence-electron chi connectivity index (χ2n) is 3.92. The van der Waals surface area contributed by atoms with Gasteiger partial charge in [-0.3, -0.25) is 0 Å². The van der Waals surface area contributed by atoms with Gasteiger partial charge in [0.05, 0.1) is 12.0 Å². The highest BCUT2D eigenvalue weighted by atomic mass is 32.2. The van der Waals surface area contributed by atoms with Crippen LogP contribution in [0.2, 0.25) is 0 Å². The van der Waals surface area contributed by atoms with Gasteiger partial charge in [-0.2, -0.15) is 4.98 Å². The van der Waals surface area contributed by atoms with Gasteiger partial charge in [-0.05, 0) is 25.1 Å². The lowest BCUT2D eigenvalue weighted by Gasteiger charge is -2.07. The van der Waals surface area contributed by atoms with Gasteiger partial charge in [-0.25, -0.2) is 17.9 Å². The van der Waals surface area contributed by atoms with Gasteiger partial charge in [-0.15, -0.1) is 0 Å². The van der Waals surface area contributed by atoms with Crippen LogP contribution in [0, 0.1) is 6.92 Å². The third kappa shape index (κ3) is 3.11. The van der Waals surface area contributed by atoms with Crippen LogP contribution in [0.3, 0.4) is 0 Å². The largest absolute Gasteiger partial charge is 0.507 e. The SMILES string of the molecule is COC(=O)c1cc(S(=O)(=O)Nc2nc(C)no2)ccc1O. The Balaban J connectivity index is 2.38. The lowest BCUT2D eigenvalue weighted by atomic mass is 10.2. The van der Waals surface area contributed by atoms with E-state index in [1.165, 1.54) is 6.92 Å². The van der Waals surface area contributed by atoms with Crippen molar-refractivity contribution in [3.63, 3.8) is 0 Å². The molecule has 2 rings (SSSR count). The molecule has 21 heavy (non-hydrogen) atoms. The Kier molecular flexibility index (Phi) is 3.80. The standard InChI is InChI=1S/C11H11N3O6S/c1-6-12-11(20-13-6)14-21(17,18)7-3-4-9(15)8(5-7)10(16)19-2/h3-5,15H,1-2H3,(H,12,13,14). The first-order chi connectivity index (χ1) is 9.83. The number of phenols is 1. The number of esters is 1. The minimum atomic E-state index is -4.05. The van der Waals surface area contributed by atoms with Crippen LogP contribution in [-0.4, -0.2) is 36.7 Å². The molecule has 0 radical (unpaired) electrons. The second kappa shape index (κ2) is 5.40. The van der Waals surface area contributed by atoms with E-state index in [0.29, 0.717) is 0 Å². The van der Waals surface area contributed by atoms with Crippen LogP contribution in [0.15, 0.2) is 27.6 Å². The minimum Gasteiger partial charge on any atom is -0.507 e. The molecule has 112 valence electrons. The maximum absolute atomic E-state index is 12.1. The lowest BCUT2D eigenvalue weighted by Crippen LogP contribution is -2.14. The Labute approximate surface area is 119 Å². The van der Waals surface area contributed by atoms with Crippen molar-refractivity contribution in [3.8, 4) is 5.75 Å². The zero-order chi connectivity index (χ0) is 15.6. The zero-order valence-corrected chi connectivity index (χ0v) is 11.8. The van der Waals surface area contributed by atoms with E-state index in [0.717, 1.165) is 25.3 Å². The number of aromatic hydroxyl groups is 1. The number of phenolic OH excluding ortho intramolecular Hbond substituents is 1. The number of nitrogens with zero attached hydrogens (tertiary/aromatic N) is 2. The number of benzene rings is 1. The Bertz CT molecular complexity index is 783. The first-order valence-corrected chi connectivity index (χ1v) is 7.06. The molecule has 0 spiro atoms. The average Bonchev–Trinajstić information content (AvgIpc) is 2.82. The second-order valence-corrected chi connectivity index (χ2v) is 5.61. The first kappa shape index (κ1) is 14.8. The van der Waals surface area contributed by atoms with E-state index in [1.807, 2.05) is 0 Å². The van der Waals surface area contributed by atoms with E-state index in [-0.39, 0.29) is 22.3 Å². The van der Waals surface area contributed by atoms with Crippen LogP contribution >= 0.6 is 0 Å². The number of carbonyl (C=O) groups is 1. The highest BCUT2D eigenvalue weighted by molar-refractivity contribution is 7.92. The van der Waals surface area contributed by atoms with Crippen LogP contribution in [0.5, 0.6) is 5.75 Å². The van der Waals surface area contributed by atoms with Gasteiger partial charge >= 0.3 is 12.0 Å². The predicted molar refractivity (Wildman–Crippen MR) is 69.3 cm³/mol. The molecule has 1 aromatic heterocycles. The number of aryl methyl sites for hydroxylation is 1. The van der Waals surface area contributed by atoms with Gasteiger partial charge in [-0.1, -0.05) is 5.16 Å². The minimum absolute atomic E-state index is 0.258. The molecule has 0 aliphatic carbocycles. The van der Waals surface area contributed by atoms with Crippen molar-refractivity contribution in [1.82, 2.24) is 10.1 Å². The number of hydrogen-bond donors (Lipinski definition) is 2. The summed E-state index contributed by atoms with van der Waals surface area (Å²) in [5, 5.41) is 13.0. The summed E-state index contributed by atoms with van der Waals surface area (Å²) in [7, 11) is -2.93. The number of carbonyl (C=O) groups excluding carboxylic acids is 1. The molecule has 0 saturated carbocycles. The maximum atomic E-state index is 12.1. The molecule has 0 unspecified atom stereocenters.